The zero-order valence-corrected chi connectivity index (χ0v) is 7.84. The molecule has 14 heavy (non-hydrogen) atoms. The van der Waals surface area contributed by atoms with Crippen molar-refractivity contribution in [3.8, 4) is 0 Å². The van der Waals surface area contributed by atoms with Crippen LogP contribution >= 0.6 is 0 Å². The molecular formula is C12H12F2. The van der Waals surface area contributed by atoms with Gasteiger partial charge in [0.2, 0.25) is 0 Å². The molecule has 2 fully saturated rings. The fraction of sp³-hybridized carbons (Fsp3) is 0.500. The van der Waals surface area contributed by atoms with Crippen LogP contribution in [0.5, 0.6) is 0 Å². The molecule has 2 aliphatic carbocycles. The first kappa shape index (κ1) is 8.39. The molecule has 0 N–H and O–H groups in total. The molecule has 0 nitrogen and oxygen atoms in total. The van der Waals surface area contributed by atoms with Crippen LogP contribution in [0.2, 0.25) is 0 Å². The first-order chi connectivity index (χ1) is 6.69. The molecule has 2 atom stereocenters. The Hall–Kier alpha value is -0.920. The fourth-order valence-electron chi connectivity index (χ4n) is 3.16. The highest BCUT2D eigenvalue weighted by Crippen LogP contribution is 2.74. The highest BCUT2D eigenvalue weighted by atomic mass is 19.3. The molecular weight excluding hydrogens is 182 g/mol. The molecule has 3 rings (SSSR count). The minimum atomic E-state index is -2.44. The van der Waals surface area contributed by atoms with Gasteiger partial charge in [-0.1, -0.05) is 36.8 Å². The molecule has 2 saturated carbocycles. The molecule has 1 aromatic carbocycles. The van der Waals surface area contributed by atoms with E-state index in [0.717, 1.165) is 12.0 Å². The number of hydrogen-bond acceptors (Lipinski definition) is 0. The Bertz CT molecular complexity index is 358. The molecule has 0 aromatic heterocycles. The number of fused-ring (bicyclic) bond motifs is 1. The molecule has 0 heterocycles. The largest absolute Gasteiger partial charge is 0.261 e. The Labute approximate surface area is 81.9 Å². The van der Waals surface area contributed by atoms with E-state index in [0.29, 0.717) is 12.8 Å². The number of alkyl halides is 2. The molecule has 0 saturated heterocycles. The summed E-state index contributed by atoms with van der Waals surface area (Å²) in [5.74, 6) is -2.82. The first-order valence-corrected chi connectivity index (χ1v) is 5.13. The van der Waals surface area contributed by atoms with Gasteiger partial charge in [-0.2, -0.15) is 0 Å². The van der Waals surface area contributed by atoms with Gasteiger partial charge in [-0.3, -0.25) is 0 Å². The molecule has 74 valence electrons. The molecule has 1 aromatic rings. The predicted molar refractivity (Wildman–Crippen MR) is 50.4 cm³/mol. The summed E-state index contributed by atoms with van der Waals surface area (Å²) in [6, 6.07) is 9.28. The van der Waals surface area contributed by atoms with E-state index in [-0.39, 0.29) is 5.92 Å². The fourth-order valence-corrected chi connectivity index (χ4v) is 3.16. The van der Waals surface area contributed by atoms with Gasteiger partial charge in [0.1, 0.15) is 0 Å². The van der Waals surface area contributed by atoms with Crippen molar-refractivity contribution in [1.29, 1.82) is 0 Å². The SMILES string of the molecule is FC1(F)C2CCCC21c1ccccc1. The maximum atomic E-state index is 13.6. The van der Waals surface area contributed by atoms with Crippen LogP contribution in [0, 0.1) is 5.92 Å². The van der Waals surface area contributed by atoms with Gasteiger partial charge in [-0.25, -0.2) is 8.78 Å². The zero-order valence-electron chi connectivity index (χ0n) is 7.84. The normalized spacial score (nSPS) is 38.0. The van der Waals surface area contributed by atoms with Crippen LogP contribution < -0.4 is 0 Å². The molecule has 0 radical (unpaired) electrons. The third-order valence-electron chi connectivity index (χ3n) is 3.90. The smallest absolute Gasteiger partial charge is 0.205 e. The Morgan fingerprint density at radius 2 is 1.86 bits per heavy atom. The maximum absolute atomic E-state index is 13.6. The van der Waals surface area contributed by atoms with Crippen LogP contribution in [0.25, 0.3) is 0 Å². The lowest BCUT2D eigenvalue weighted by Gasteiger charge is -2.13. The first-order valence-electron chi connectivity index (χ1n) is 5.13. The van der Waals surface area contributed by atoms with Gasteiger partial charge in [0, 0.05) is 5.92 Å². The lowest BCUT2D eigenvalue weighted by Crippen LogP contribution is -2.15. The van der Waals surface area contributed by atoms with E-state index in [1.807, 2.05) is 30.3 Å². The lowest BCUT2D eigenvalue weighted by molar-refractivity contribution is 0.0639. The van der Waals surface area contributed by atoms with Crippen molar-refractivity contribution in [3.05, 3.63) is 35.9 Å². The Kier molecular flexibility index (Phi) is 1.41. The van der Waals surface area contributed by atoms with Crippen molar-refractivity contribution in [2.24, 2.45) is 5.92 Å². The van der Waals surface area contributed by atoms with E-state index in [1.54, 1.807) is 0 Å². The summed E-state index contributed by atoms with van der Waals surface area (Å²) in [5.41, 5.74) is 0.0568. The molecule has 2 heteroatoms. The molecule has 2 unspecified atom stereocenters. The third kappa shape index (κ3) is 0.737. The van der Waals surface area contributed by atoms with E-state index in [2.05, 4.69) is 0 Å². The molecule has 0 amide bonds. The topological polar surface area (TPSA) is 0 Å². The van der Waals surface area contributed by atoms with Crippen LogP contribution in [0.3, 0.4) is 0 Å². The monoisotopic (exact) mass is 194 g/mol. The summed E-state index contributed by atoms with van der Waals surface area (Å²) >= 11 is 0. The van der Waals surface area contributed by atoms with Gasteiger partial charge >= 0.3 is 0 Å². The Balaban J connectivity index is 2.07. The van der Waals surface area contributed by atoms with Crippen molar-refractivity contribution < 1.29 is 8.78 Å². The van der Waals surface area contributed by atoms with Crippen LogP contribution in [0.4, 0.5) is 8.78 Å². The summed E-state index contributed by atoms with van der Waals surface area (Å²) in [6.45, 7) is 0. The summed E-state index contributed by atoms with van der Waals surface area (Å²) in [4.78, 5) is 0. The van der Waals surface area contributed by atoms with E-state index in [9.17, 15) is 8.78 Å². The number of hydrogen-bond donors (Lipinski definition) is 0. The van der Waals surface area contributed by atoms with Crippen molar-refractivity contribution in [1.82, 2.24) is 0 Å². The van der Waals surface area contributed by atoms with E-state index < -0.39 is 11.3 Å². The highest BCUT2D eigenvalue weighted by Gasteiger charge is 2.81. The molecule has 0 aliphatic heterocycles. The summed E-state index contributed by atoms with van der Waals surface area (Å²) in [7, 11) is 0. The predicted octanol–water partition coefficient (Wildman–Crippen LogP) is 3.37. The average molecular weight is 194 g/mol. The standard InChI is InChI=1S/C12H12F2/c13-12(14)10-7-4-8-11(10,12)9-5-2-1-3-6-9/h1-3,5-6,10H,4,7-8H2. The maximum Gasteiger partial charge on any atom is 0.261 e. The highest BCUT2D eigenvalue weighted by molar-refractivity contribution is 5.42. The van der Waals surface area contributed by atoms with Gasteiger partial charge < -0.3 is 0 Å². The van der Waals surface area contributed by atoms with Crippen LogP contribution in [-0.4, -0.2) is 5.92 Å². The minimum absolute atomic E-state index is 0.377. The second-order valence-electron chi connectivity index (χ2n) is 4.41. The Morgan fingerprint density at radius 1 is 1.14 bits per heavy atom. The lowest BCUT2D eigenvalue weighted by atomic mass is 9.93. The van der Waals surface area contributed by atoms with Gasteiger partial charge in [0.15, 0.2) is 0 Å². The minimum Gasteiger partial charge on any atom is -0.205 e. The summed E-state index contributed by atoms with van der Waals surface area (Å²) in [6.07, 6.45) is 2.31. The molecule has 0 bridgehead atoms. The van der Waals surface area contributed by atoms with Crippen molar-refractivity contribution in [2.75, 3.05) is 0 Å². The van der Waals surface area contributed by atoms with Crippen molar-refractivity contribution >= 4 is 0 Å². The summed E-state index contributed by atoms with van der Waals surface area (Å²) < 4.78 is 27.2. The second-order valence-corrected chi connectivity index (χ2v) is 4.41. The van der Waals surface area contributed by atoms with Crippen LogP contribution in [0.1, 0.15) is 24.8 Å². The van der Waals surface area contributed by atoms with E-state index in [1.165, 1.54) is 0 Å². The second kappa shape index (κ2) is 2.36. The number of rotatable bonds is 1. The number of benzene rings is 1. The molecule has 2 aliphatic rings. The van der Waals surface area contributed by atoms with Gasteiger partial charge in [-0.15, -0.1) is 0 Å². The van der Waals surface area contributed by atoms with Crippen molar-refractivity contribution in [2.45, 2.75) is 30.6 Å². The van der Waals surface area contributed by atoms with Gasteiger partial charge in [0.05, 0.1) is 5.41 Å². The third-order valence-corrected chi connectivity index (χ3v) is 3.90. The zero-order chi connectivity index (χ0) is 9.81. The van der Waals surface area contributed by atoms with Crippen LogP contribution in [-0.2, 0) is 5.41 Å². The Morgan fingerprint density at radius 3 is 2.43 bits per heavy atom. The average Bonchev–Trinajstić information content (AvgIpc) is 2.57. The summed E-state index contributed by atoms with van der Waals surface area (Å²) in [5, 5.41) is 0. The van der Waals surface area contributed by atoms with Gasteiger partial charge in [-0.05, 0) is 18.4 Å². The van der Waals surface area contributed by atoms with Gasteiger partial charge in [0.25, 0.3) is 5.92 Å². The van der Waals surface area contributed by atoms with Crippen molar-refractivity contribution in [3.63, 3.8) is 0 Å². The van der Waals surface area contributed by atoms with E-state index >= 15 is 0 Å². The molecule has 0 spiro atoms. The number of halogens is 2. The quantitative estimate of drug-likeness (QED) is 0.643. The van der Waals surface area contributed by atoms with Crippen LogP contribution in [0.15, 0.2) is 30.3 Å². The van der Waals surface area contributed by atoms with E-state index in [4.69, 9.17) is 0 Å².